The SMILES string of the molecule is Cc1cc(C(C)NCC(N)C(=O)O)c(C)s1. The molecular weight excluding hydrogens is 224 g/mol. The lowest BCUT2D eigenvalue weighted by atomic mass is 10.1. The zero-order chi connectivity index (χ0) is 12.3. The van der Waals surface area contributed by atoms with E-state index in [4.69, 9.17) is 10.8 Å². The molecule has 1 rings (SSSR count). The highest BCUT2D eigenvalue weighted by molar-refractivity contribution is 7.12. The highest BCUT2D eigenvalue weighted by atomic mass is 32.1. The lowest BCUT2D eigenvalue weighted by Gasteiger charge is -2.15. The third kappa shape index (κ3) is 3.30. The molecule has 0 fully saturated rings. The minimum absolute atomic E-state index is 0.135. The van der Waals surface area contributed by atoms with E-state index in [1.807, 2.05) is 6.92 Å². The highest BCUT2D eigenvalue weighted by Gasteiger charge is 2.15. The second kappa shape index (κ2) is 5.43. The molecule has 0 aliphatic heterocycles. The van der Waals surface area contributed by atoms with Crippen molar-refractivity contribution in [3.63, 3.8) is 0 Å². The summed E-state index contributed by atoms with van der Waals surface area (Å²) >= 11 is 1.75. The Morgan fingerprint density at radius 1 is 1.62 bits per heavy atom. The van der Waals surface area contributed by atoms with E-state index in [0.717, 1.165) is 0 Å². The monoisotopic (exact) mass is 242 g/mol. The molecule has 0 aromatic carbocycles. The number of hydrogen-bond acceptors (Lipinski definition) is 4. The molecule has 16 heavy (non-hydrogen) atoms. The van der Waals surface area contributed by atoms with Crippen molar-refractivity contribution in [2.75, 3.05) is 6.54 Å². The first-order valence-electron chi connectivity index (χ1n) is 5.20. The van der Waals surface area contributed by atoms with Crippen LogP contribution in [-0.4, -0.2) is 23.7 Å². The molecule has 2 atom stereocenters. The van der Waals surface area contributed by atoms with Gasteiger partial charge in [-0.15, -0.1) is 11.3 Å². The molecule has 1 aromatic heterocycles. The normalized spacial score (nSPS) is 14.8. The molecule has 0 bridgehead atoms. The van der Waals surface area contributed by atoms with Gasteiger partial charge in [-0.1, -0.05) is 0 Å². The van der Waals surface area contributed by atoms with E-state index < -0.39 is 12.0 Å². The largest absolute Gasteiger partial charge is 0.480 e. The second-order valence-electron chi connectivity index (χ2n) is 3.94. The van der Waals surface area contributed by atoms with Crippen LogP contribution in [0.4, 0.5) is 0 Å². The van der Waals surface area contributed by atoms with Crippen molar-refractivity contribution in [3.05, 3.63) is 21.4 Å². The summed E-state index contributed by atoms with van der Waals surface area (Å²) in [5, 5.41) is 11.8. The van der Waals surface area contributed by atoms with Gasteiger partial charge in [-0.05, 0) is 32.4 Å². The number of hydrogen-bond donors (Lipinski definition) is 3. The molecule has 1 heterocycles. The molecule has 2 unspecified atom stereocenters. The lowest BCUT2D eigenvalue weighted by Crippen LogP contribution is -2.41. The molecule has 0 spiro atoms. The van der Waals surface area contributed by atoms with E-state index in [-0.39, 0.29) is 12.6 Å². The van der Waals surface area contributed by atoms with Crippen molar-refractivity contribution in [2.24, 2.45) is 5.73 Å². The summed E-state index contributed by atoms with van der Waals surface area (Å²) in [7, 11) is 0. The van der Waals surface area contributed by atoms with Crippen LogP contribution in [0.2, 0.25) is 0 Å². The molecule has 90 valence electrons. The summed E-state index contributed by atoms with van der Waals surface area (Å²) in [6, 6.07) is 1.42. The van der Waals surface area contributed by atoms with Gasteiger partial charge in [0.2, 0.25) is 0 Å². The van der Waals surface area contributed by atoms with Crippen molar-refractivity contribution in [1.29, 1.82) is 0 Å². The molecule has 0 amide bonds. The summed E-state index contributed by atoms with van der Waals surface area (Å²) in [6.07, 6.45) is 0. The standard InChI is InChI=1S/C11H18N2O2S/c1-6-4-9(8(3)16-6)7(2)13-5-10(12)11(14)15/h4,7,10,13H,5,12H2,1-3H3,(H,14,15). The van der Waals surface area contributed by atoms with Crippen LogP contribution in [0.15, 0.2) is 6.07 Å². The number of carboxylic acid groups (broad SMARTS) is 1. The predicted octanol–water partition coefficient (Wildman–Crippen LogP) is 1.43. The zero-order valence-electron chi connectivity index (χ0n) is 9.78. The van der Waals surface area contributed by atoms with Crippen molar-refractivity contribution < 1.29 is 9.90 Å². The summed E-state index contributed by atoms with van der Waals surface area (Å²) < 4.78 is 0. The number of aliphatic carboxylic acids is 1. The molecule has 5 heteroatoms. The molecular formula is C11H18N2O2S. The van der Waals surface area contributed by atoms with E-state index in [9.17, 15) is 4.79 Å². The van der Waals surface area contributed by atoms with E-state index >= 15 is 0 Å². The van der Waals surface area contributed by atoms with Crippen LogP contribution in [0.5, 0.6) is 0 Å². The Hall–Kier alpha value is -0.910. The number of carboxylic acids is 1. The number of carbonyl (C=O) groups is 1. The fraction of sp³-hybridized carbons (Fsp3) is 0.545. The van der Waals surface area contributed by atoms with Gasteiger partial charge < -0.3 is 16.2 Å². The fourth-order valence-electron chi connectivity index (χ4n) is 1.58. The number of nitrogens with one attached hydrogen (secondary N) is 1. The van der Waals surface area contributed by atoms with Crippen molar-refractivity contribution >= 4 is 17.3 Å². The minimum atomic E-state index is -0.974. The minimum Gasteiger partial charge on any atom is -0.480 e. The van der Waals surface area contributed by atoms with E-state index in [1.165, 1.54) is 15.3 Å². The molecule has 0 radical (unpaired) electrons. The first-order chi connectivity index (χ1) is 7.41. The van der Waals surface area contributed by atoms with Gasteiger partial charge in [0.05, 0.1) is 0 Å². The summed E-state index contributed by atoms with van der Waals surface area (Å²) in [5.41, 5.74) is 6.65. The number of aryl methyl sites for hydroxylation is 2. The van der Waals surface area contributed by atoms with Gasteiger partial charge in [-0.3, -0.25) is 4.79 Å². The van der Waals surface area contributed by atoms with Gasteiger partial charge in [0.25, 0.3) is 0 Å². The molecule has 0 aliphatic carbocycles. The first kappa shape index (κ1) is 13.2. The van der Waals surface area contributed by atoms with Crippen LogP contribution in [0.1, 0.15) is 28.3 Å². The second-order valence-corrected chi connectivity index (χ2v) is 5.40. The third-order valence-electron chi connectivity index (χ3n) is 2.51. The topological polar surface area (TPSA) is 75.3 Å². The van der Waals surface area contributed by atoms with Gasteiger partial charge in [-0.2, -0.15) is 0 Å². The van der Waals surface area contributed by atoms with E-state index in [0.29, 0.717) is 0 Å². The van der Waals surface area contributed by atoms with E-state index in [2.05, 4.69) is 25.2 Å². The summed E-state index contributed by atoms with van der Waals surface area (Å²) in [5.74, 6) is -0.974. The molecule has 0 saturated carbocycles. The van der Waals surface area contributed by atoms with Crippen LogP contribution in [0, 0.1) is 13.8 Å². The Bertz CT molecular complexity index is 376. The molecule has 4 nitrogen and oxygen atoms in total. The Morgan fingerprint density at radius 2 is 2.25 bits per heavy atom. The molecule has 0 saturated heterocycles. The number of thiophene rings is 1. The highest BCUT2D eigenvalue weighted by Crippen LogP contribution is 2.25. The van der Waals surface area contributed by atoms with Gasteiger partial charge in [0.1, 0.15) is 6.04 Å². The van der Waals surface area contributed by atoms with Gasteiger partial charge in [0, 0.05) is 22.3 Å². The van der Waals surface area contributed by atoms with Gasteiger partial charge in [0.15, 0.2) is 0 Å². The third-order valence-corrected chi connectivity index (χ3v) is 3.49. The van der Waals surface area contributed by atoms with E-state index in [1.54, 1.807) is 11.3 Å². The zero-order valence-corrected chi connectivity index (χ0v) is 10.6. The molecule has 1 aromatic rings. The molecule has 0 aliphatic rings. The van der Waals surface area contributed by atoms with Crippen LogP contribution >= 0.6 is 11.3 Å². The van der Waals surface area contributed by atoms with Crippen LogP contribution < -0.4 is 11.1 Å². The Balaban J connectivity index is 2.56. The van der Waals surface area contributed by atoms with Gasteiger partial charge >= 0.3 is 5.97 Å². The Morgan fingerprint density at radius 3 is 2.69 bits per heavy atom. The summed E-state index contributed by atoms with van der Waals surface area (Å²) in [6.45, 7) is 6.44. The van der Waals surface area contributed by atoms with Crippen LogP contribution in [0.3, 0.4) is 0 Å². The van der Waals surface area contributed by atoms with Crippen LogP contribution in [0.25, 0.3) is 0 Å². The Kier molecular flexibility index (Phi) is 4.46. The van der Waals surface area contributed by atoms with Gasteiger partial charge in [-0.25, -0.2) is 0 Å². The maximum absolute atomic E-state index is 10.6. The number of rotatable bonds is 5. The van der Waals surface area contributed by atoms with Crippen molar-refractivity contribution in [1.82, 2.24) is 5.32 Å². The van der Waals surface area contributed by atoms with Crippen molar-refractivity contribution in [2.45, 2.75) is 32.9 Å². The Labute approximate surface area is 99.5 Å². The van der Waals surface area contributed by atoms with Crippen LogP contribution in [-0.2, 0) is 4.79 Å². The number of nitrogens with two attached hydrogens (primary N) is 1. The smallest absolute Gasteiger partial charge is 0.321 e. The maximum atomic E-state index is 10.6. The average molecular weight is 242 g/mol. The summed E-state index contributed by atoms with van der Waals surface area (Å²) in [4.78, 5) is 13.1. The lowest BCUT2D eigenvalue weighted by molar-refractivity contribution is -0.138. The van der Waals surface area contributed by atoms with Crippen molar-refractivity contribution in [3.8, 4) is 0 Å². The maximum Gasteiger partial charge on any atom is 0.321 e. The quantitative estimate of drug-likeness (QED) is 0.730. The average Bonchev–Trinajstić information content (AvgIpc) is 2.53. The predicted molar refractivity (Wildman–Crippen MR) is 65.8 cm³/mol. The fourth-order valence-corrected chi connectivity index (χ4v) is 2.60. The molecule has 4 N–H and O–H groups in total. The first-order valence-corrected chi connectivity index (χ1v) is 6.02.